The van der Waals surface area contributed by atoms with Crippen molar-refractivity contribution >= 4 is 34.4 Å². The minimum absolute atomic E-state index is 0.0512. The zero-order valence-electron chi connectivity index (χ0n) is 12.5. The van der Waals surface area contributed by atoms with Crippen molar-refractivity contribution in [2.24, 2.45) is 0 Å². The predicted molar refractivity (Wildman–Crippen MR) is 91.3 cm³/mol. The van der Waals surface area contributed by atoms with Gasteiger partial charge in [0.2, 0.25) is 5.91 Å². The highest BCUT2D eigenvalue weighted by atomic mass is 32.2. The van der Waals surface area contributed by atoms with Crippen molar-refractivity contribution in [3.63, 3.8) is 0 Å². The summed E-state index contributed by atoms with van der Waals surface area (Å²) in [5.41, 5.74) is 2.70. The maximum absolute atomic E-state index is 12.6. The number of nitrogens with zero attached hydrogens (tertiary/aromatic N) is 2. The molecule has 0 spiro atoms. The van der Waals surface area contributed by atoms with E-state index in [1.807, 2.05) is 66.3 Å². The minimum Gasteiger partial charge on any atom is -0.323 e. The Morgan fingerprint density at radius 1 is 1.18 bits per heavy atom. The van der Waals surface area contributed by atoms with Gasteiger partial charge in [-0.25, -0.2) is 4.98 Å². The van der Waals surface area contributed by atoms with Gasteiger partial charge in [-0.05, 0) is 37.4 Å². The van der Waals surface area contributed by atoms with Crippen LogP contribution in [0.15, 0.2) is 59.8 Å². The molecule has 3 rings (SSSR count). The molecule has 0 saturated carbocycles. The number of nitrogens with one attached hydrogen (secondary N) is 1. The van der Waals surface area contributed by atoms with E-state index in [4.69, 9.17) is 0 Å². The van der Waals surface area contributed by atoms with Crippen LogP contribution >= 0.6 is 11.8 Å². The Balaban J connectivity index is 1.86. The van der Waals surface area contributed by atoms with E-state index in [9.17, 15) is 4.79 Å². The van der Waals surface area contributed by atoms with E-state index in [0.717, 1.165) is 21.6 Å². The summed E-state index contributed by atoms with van der Waals surface area (Å²) in [6.45, 7) is 1.88. The number of amides is 1. The van der Waals surface area contributed by atoms with Gasteiger partial charge in [0.25, 0.3) is 0 Å². The topological polar surface area (TPSA) is 46.9 Å². The Hall–Kier alpha value is -2.27. The SMILES string of the molecule is CSc1ccccc1NC(=O)C(C)n1cnc2ccccc21. The average molecular weight is 311 g/mol. The second-order valence-electron chi connectivity index (χ2n) is 5.01. The number of para-hydroxylation sites is 3. The maximum atomic E-state index is 12.6. The number of thioether (sulfide) groups is 1. The summed E-state index contributed by atoms with van der Waals surface area (Å²) in [6, 6.07) is 15.3. The summed E-state index contributed by atoms with van der Waals surface area (Å²) < 4.78 is 1.90. The molecular formula is C17H17N3OS. The molecule has 4 nitrogen and oxygen atoms in total. The van der Waals surface area contributed by atoms with E-state index in [-0.39, 0.29) is 11.9 Å². The van der Waals surface area contributed by atoms with Crippen molar-refractivity contribution in [2.75, 3.05) is 11.6 Å². The fourth-order valence-electron chi connectivity index (χ4n) is 2.40. The summed E-state index contributed by atoms with van der Waals surface area (Å²) in [6.07, 6.45) is 3.72. The molecule has 112 valence electrons. The molecule has 1 unspecified atom stereocenters. The van der Waals surface area contributed by atoms with Gasteiger partial charge in [0.15, 0.2) is 0 Å². The van der Waals surface area contributed by atoms with Crippen LogP contribution in [0.4, 0.5) is 5.69 Å². The summed E-state index contributed by atoms with van der Waals surface area (Å²) >= 11 is 1.62. The van der Waals surface area contributed by atoms with Crippen molar-refractivity contribution < 1.29 is 4.79 Å². The monoisotopic (exact) mass is 311 g/mol. The van der Waals surface area contributed by atoms with Gasteiger partial charge in [-0.2, -0.15) is 0 Å². The first-order valence-electron chi connectivity index (χ1n) is 7.06. The van der Waals surface area contributed by atoms with Gasteiger partial charge in [-0.3, -0.25) is 4.79 Å². The third kappa shape index (κ3) is 2.72. The van der Waals surface area contributed by atoms with Gasteiger partial charge in [0.05, 0.1) is 23.0 Å². The highest BCUT2D eigenvalue weighted by molar-refractivity contribution is 7.98. The smallest absolute Gasteiger partial charge is 0.247 e. The molecule has 1 N–H and O–H groups in total. The third-order valence-electron chi connectivity index (χ3n) is 3.64. The number of hydrogen-bond donors (Lipinski definition) is 1. The van der Waals surface area contributed by atoms with Crippen LogP contribution in [-0.2, 0) is 4.79 Å². The number of carbonyl (C=O) groups excluding carboxylic acids is 1. The Labute approximate surface area is 133 Å². The molecule has 0 aliphatic rings. The van der Waals surface area contributed by atoms with Crippen LogP contribution in [0.5, 0.6) is 0 Å². The molecule has 5 heteroatoms. The third-order valence-corrected chi connectivity index (χ3v) is 4.44. The molecule has 0 bridgehead atoms. The lowest BCUT2D eigenvalue weighted by Gasteiger charge is -2.16. The van der Waals surface area contributed by atoms with Crippen LogP contribution in [-0.4, -0.2) is 21.7 Å². The molecule has 1 aromatic heterocycles. The number of aromatic nitrogens is 2. The molecule has 0 fully saturated rings. The highest BCUT2D eigenvalue weighted by Crippen LogP contribution is 2.26. The first kappa shape index (κ1) is 14.7. The molecule has 3 aromatic rings. The zero-order chi connectivity index (χ0) is 15.5. The number of imidazole rings is 1. The predicted octanol–water partition coefficient (Wildman–Crippen LogP) is 3.96. The number of carbonyl (C=O) groups is 1. The quantitative estimate of drug-likeness (QED) is 0.742. The van der Waals surface area contributed by atoms with Gasteiger partial charge in [-0.1, -0.05) is 24.3 Å². The molecule has 0 radical (unpaired) electrons. The van der Waals surface area contributed by atoms with Crippen molar-refractivity contribution in [3.8, 4) is 0 Å². The van der Waals surface area contributed by atoms with Crippen molar-refractivity contribution in [1.82, 2.24) is 9.55 Å². The highest BCUT2D eigenvalue weighted by Gasteiger charge is 2.18. The number of anilines is 1. The normalized spacial score (nSPS) is 12.3. The van der Waals surface area contributed by atoms with Crippen LogP contribution < -0.4 is 5.32 Å². The summed E-state index contributed by atoms with van der Waals surface area (Å²) in [5.74, 6) is -0.0512. The molecule has 0 aliphatic heterocycles. The Bertz CT molecular complexity index is 812. The zero-order valence-corrected chi connectivity index (χ0v) is 13.3. The first-order valence-corrected chi connectivity index (χ1v) is 8.28. The summed E-state index contributed by atoms with van der Waals surface area (Å²) in [7, 11) is 0. The van der Waals surface area contributed by atoms with Crippen LogP contribution in [0.2, 0.25) is 0 Å². The van der Waals surface area contributed by atoms with E-state index in [1.54, 1.807) is 18.1 Å². The van der Waals surface area contributed by atoms with Crippen LogP contribution in [0.3, 0.4) is 0 Å². The first-order chi connectivity index (χ1) is 10.7. The second kappa shape index (κ2) is 6.23. The standard InChI is InChI=1S/C17H17N3OS/c1-12(20-11-18-13-7-3-5-9-15(13)20)17(21)19-14-8-4-6-10-16(14)22-2/h3-12H,1-2H3,(H,19,21). The Morgan fingerprint density at radius 3 is 2.73 bits per heavy atom. The second-order valence-corrected chi connectivity index (χ2v) is 5.85. The maximum Gasteiger partial charge on any atom is 0.247 e. The van der Waals surface area contributed by atoms with Gasteiger partial charge >= 0.3 is 0 Å². The Morgan fingerprint density at radius 2 is 1.91 bits per heavy atom. The average Bonchev–Trinajstić information content (AvgIpc) is 2.98. The van der Waals surface area contributed by atoms with Crippen molar-refractivity contribution in [2.45, 2.75) is 17.9 Å². The number of fused-ring (bicyclic) bond motifs is 1. The fourth-order valence-corrected chi connectivity index (χ4v) is 2.95. The summed E-state index contributed by atoms with van der Waals surface area (Å²) in [4.78, 5) is 17.9. The van der Waals surface area contributed by atoms with Gasteiger partial charge < -0.3 is 9.88 Å². The Kier molecular flexibility index (Phi) is 4.15. The molecule has 1 amide bonds. The molecule has 0 aliphatic carbocycles. The number of rotatable bonds is 4. The van der Waals surface area contributed by atoms with E-state index in [1.165, 1.54) is 0 Å². The largest absolute Gasteiger partial charge is 0.323 e. The van der Waals surface area contributed by atoms with Crippen LogP contribution in [0, 0.1) is 0 Å². The molecule has 1 heterocycles. The summed E-state index contributed by atoms with van der Waals surface area (Å²) in [5, 5.41) is 3.01. The fraction of sp³-hybridized carbons (Fsp3) is 0.176. The molecule has 0 saturated heterocycles. The van der Waals surface area contributed by atoms with Crippen LogP contribution in [0.1, 0.15) is 13.0 Å². The van der Waals surface area contributed by atoms with Crippen molar-refractivity contribution in [3.05, 3.63) is 54.9 Å². The van der Waals surface area contributed by atoms with Gasteiger partial charge in [0, 0.05) is 4.90 Å². The van der Waals surface area contributed by atoms with Crippen LogP contribution in [0.25, 0.3) is 11.0 Å². The molecule has 2 aromatic carbocycles. The molecule has 1 atom stereocenters. The minimum atomic E-state index is -0.331. The van der Waals surface area contributed by atoms with E-state index in [0.29, 0.717) is 0 Å². The van der Waals surface area contributed by atoms with E-state index < -0.39 is 0 Å². The van der Waals surface area contributed by atoms with E-state index >= 15 is 0 Å². The lowest BCUT2D eigenvalue weighted by Crippen LogP contribution is -2.23. The lowest BCUT2D eigenvalue weighted by molar-refractivity contribution is -0.118. The van der Waals surface area contributed by atoms with E-state index in [2.05, 4.69) is 10.3 Å². The lowest BCUT2D eigenvalue weighted by atomic mass is 10.2. The number of hydrogen-bond acceptors (Lipinski definition) is 3. The molecule has 22 heavy (non-hydrogen) atoms. The molecular weight excluding hydrogens is 294 g/mol. The van der Waals surface area contributed by atoms with Crippen molar-refractivity contribution in [1.29, 1.82) is 0 Å². The van der Waals surface area contributed by atoms with Gasteiger partial charge in [-0.15, -0.1) is 11.8 Å². The van der Waals surface area contributed by atoms with Gasteiger partial charge in [0.1, 0.15) is 6.04 Å². The number of benzene rings is 2.